The average molecular weight is 420 g/mol. The number of hydrogen-bond acceptors (Lipinski definition) is 6. The fourth-order valence-corrected chi connectivity index (χ4v) is 4.31. The number of likely N-dealkylation sites (tertiary alicyclic amines) is 1. The van der Waals surface area contributed by atoms with Crippen LogP contribution >= 0.6 is 11.3 Å². The van der Waals surface area contributed by atoms with Crippen LogP contribution < -0.4 is 5.32 Å². The fourth-order valence-electron chi connectivity index (χ4n) is 3.62. The number of aromatic nitrogens is 3. The molecule has 1 atom stereocenters. The minimum absolute atomic E-state index is 0.00119. The second-order valence-corrected chi connectivity index (χ2v) is 8.32. The van der Waals surface area contributed by atoms with Gasteiger partial charge in [0.15, 0.2) is 11.0 Å². The number of carbonyl (C=O) groups is 1. The molecule has 0 saturated carbocycles. The molecule has 0 bridgehead atoms. The van der Waals surface area contributed by atoms with Crippen LogP contribution in [0, 0.1) is 13.8 Å². The average Bonchev–Trinajstić information content (AvgIpc) is 3.16. The van der Waals surface area contributed by atoms with Gasteiger partial charge in [0.2, 0.25) is 5.91 Å². The maximum Gasteiger partial charge on any atom is 0.247 e. The Hall–Kier alpha value is -3.06. The fraction of sp³-hybridized carbons (Fsp3) is 0.304. The standard InChI is InChI=1S/C23H25N5OS/c1-16-14-20(27-23-25-17(2)15-30-23)26-22(24-16)19-10-6-7-13-28(19)21(29)12-11-18-8-4-3-5-9-18/h3-5,8-9,11-12,14-15,19H,6-7,10,13H2,1-2H3,(H,24,25,26,27)/b12-11+/t19-/m0/s1. The molecule has 3 heterocycles. The number of carbonyl (C=O) groups excluding carboxylic acids is 1. The van der Waals surface area contributed by atoms with Gasteiger partial charge in [0, 0.05) is 29.8 Å². The monoisotopic (exact) mass is 419 g/mol. The highest BCUT2D eigenvalue weighted by molar-refractivity contribution is 7.13. The Morgan fingerprint density at radius 2 is 1.97 bits per heavy atom. The summed E-state index contributed by atoms with van der Waals surface area (Å²) >= 11 is 1.55. The van der Waals surface area contributed by atoms with Crippen molar-refractivity contribution in [2.45, 2.75) is 39.2 Å². The first-order chi connectivity index (χ1) is 14.6. The zero-order valence-corrected chi connectivity index (χ0v) is 18.0. The van der Waals surface area contributed by atoms with E-state index < -0.39 is 0 Å². The van der Waals surface area contributed by atoms with E-state index in [0.29, 0.717) is 18.2 Å². The van der Waals surface area contributed by atoms with E-state index in [1.165, 1.54) is 0 Å². The Labute approximate surface area is 180 Å². The molecular formula is C23H25N5OS. The molecule has 1 aromatic carbocycles. The smallest absolute Gasteiger partial charge is 0.247 e. The van der Waals surface area contributed by atoms with E-state index in [9.17, 15) is 4.79 Å². The Balaban J connectivity index is 1.56. The molecule has 3 aromatic rings. The number of thiazole rings is 1. The molecule has 2 aromatic heterocycles. The third-order valence-corrected chi connectivity index (χ3v) is 5.90. The molecule has 1 amide bonds. The lowest BCUT2D eigenvalue weighted by Gasteiger charge is -2.34. The molecule has 1 fully saturated rings. The van der Waals surface area contributed by atoms with E-state index >= 15 is 0 Å². The van der Waals surface area contributed by atoms with E-state index in [1.807, 2.05) is 66.6 Å². The summed E-state index contributed by atoms with van der Waals surface area (Å²) in [5.74, 6) is 1.40. The van der Waals surface area contributed by atoms with Gasteiger partial charge >= 0.3 is 0 Å². The number of nitrogens with zero attached hydrogens (tertiary/aromatic N) is 4. The summed E-state index contributed by atoms with van der Waals surface area (Å²) in [6.07, 6.45) is 6.44. The summed E-state index contributed by atoms with van der Waals surface area (Å²) in [6.45, 7) is 4.63. The van der Waals surface area contributed by atoms with Gasteiger partial charge in [-0.2, -0.15) is 0 Å². The first-order valence-electron chi connectivity index (χ1n) is 10.2. The van der Waals surface area contributed by atoms with Crippen molar-refractivity contribution in [2.24, 2.45) is 0 Å². The lowest BCUT2D eigenvalue weighted by atomic mass is 10.0. The number of anilines is 2. The number of benzene rings is 1. The number of aryl methyl sites for hydroxylation is 2. The molecule has 1 N–H and O–H groups in total. The van der Waals surface area contributed by atoms with Crippen LogP contribution in [0.4, 0.5) is 10.9 Å². The molecule has 154 valence electrons. The molecule has 1 aliphatic rings. The normalized spacial score (nSPS) is 16.7. The van der Waals surface area contributed by atoms with Gasteiger partial charge in [-0.3, -0.25) is 4.79 Å². The highest BCUT2D eigenvalue weighted by atomic mass is 32.1. The van der Waals surface area contributed by atoms with Crippen LogP contribution in [0.3, 0.4) is 0 Å². The Bertz CT molecular complexity index is 1050. The molecule has 1 aliphatic heterocycles. The van der Waals surface area contributed by atoms with E-state index in [0.717, 1.165) is 41.3 Å². The molecule has 30 heavy (non-hydrogen) atoms. The second kappa shape index (κ2) is 9.17. The number of piperidine rings is 1. The van der Waals surface area contributed by atoms with Crippen LogP contribution in [-0.4, -0.2) is 32.3 Å². The summed E-state index contributed by atoms with van der Waals surface area (Å²) in [5, 5.41) is 6.08. The summed E-state index contributed by atoms with van der Waals surface area (Å²) in [5.41, 5.74) is 2.85. The summed E-state index contributed by atoms with van der Waals surface area (Å²) < 4.78 is 0. The third-order valence-electron chi connectivity index (χ3n) is 5.03. The van der Waals surface area contributed by atoms with Crippen LogP contribution in [-0.2, 0) is 4.79 Å². The Kier molecular flexibility index (Phi) is 6.18. The second-order valence-electron chi connectivity index (χ2n) is 7.46. The molecule has 6 nitrogen and oxygen atoms in total. The summed E-state index contributed by atoms with van der Waals surface area (Å²) in [7, 11) is 0. The number of amides is 1. The molecule has 1 saturated heterocycles. The largest absolute Gasteiger partial charge is 0.329 e. The number of nitrogens with one attached hydrogen (secondary N) is 1. The van der Waals surface area contributed by atoms with E-state index in [1.54, 1.807) is 17.4 Å². The predicted octanol–water partition coefficient (Wildman–Crippen LogP) is 5.06. The summed E-state index contributed by atoms with van der Waals surface area (Å²) in [6, 6.07) is 11.7. The summed E-state index contributed by atoms with van der Waals surface area (Å²) in [4.78, 5) is 28.7. The van der Waals surface area contributed by atoms with Crippen molar-refractivity contribution >= 4 is 34.3 Å². The first kappa shape index (κ1) is 20.2. The van der Waals surface area contributed by atoms with Crippen molar-refractivity contribution in [1.29, 1.82) is 0 Å². The van der Waals surface area contributed by atoms with Gasteiger partial charge in [-0.25, -0.2) is 15.0 Å². The van der Waals surface area contributed by atoms with E-state index in [2.05, 4.69) is 15.3 Å². The SMILES string of the molecule is Cc1cc(Nc2nc(C)cs2)nc([C@@H]2CCCCN2C(=O)/C=C/c2ccccc2)n1. The van der Waals surface area contributed by atoms with Gasteiger partial charge in [0.25, 0.3) is 0 Å². The molecule has 7 heteroatoms. The lowest BCUT2D eigenvalue weighted by Crippen LogP contribution is -2.38. The maximum atomic E-state index is 13.0. The van der Waals surface area contributed by atoms with Crippen molar-refractivity contribution < 1.29 is 4.79 Å². The highest BCUT2D eigenvalue weighted by Gasteiger charge is 2.29. The zero-order valence-electron chi connectivity index (χ0n) is 17.2. The Morgan fingerprint density at radius 1 is 1.13 bits per heavy atom. The van der Waals surface area contributed by atoms with Crippen LogP contribution in [0.2, 0.25) is 0 Å². The zero-order chi connectivity index (χ0) is 20.9. The van der Waals surface area contributed by atoms with Crippen molar-refractivity contribution in [3.05, 3.63) is 70.6 Å². The molecule has 0 spiro atoms. The van der Waals surface area contributed by atoms with Gasteiger partial charge in [-0.15, -0.1) is 11.3 Å². The number of rotatable bonds is 5. The van der Waals surface area contributed by atoms with Crippen LogP contribution in [0.25, 0.3) is 6.08 Å². The topological polar surface area (TPSA) is 71.0 Å². The van der Waals surface area contributed by atoms with E-state index in [-0.39, 0.29) is 11.9 Å². The minimum Gasteiger partial charge on any atom is -0.329 e. The van der Waals surface area contributed by atoms with Crippen molar-refractivity contribution in [1.82, 2.24) is 19.9 Å². The van der Waals surface area contributed by atoms with E-state index in [4.69, 9.17) is 4.98 Å². The predicted molar refractivity (Wildman–Crippen MR) is 121 cm³/mol. The lowest BCUT2D eigenvalue weighted by molar-refractivity contribution is -0.129. The molecule has 0 unspecified atom stereocenters. The molecular weight excluding hydrogens is 394 g/mol. The quantitative estimate of drug-likeness (QED) is 0.585. The van der Waals surface area contributed by atoms with Gasteiger partial charge in [0.1, 0.15) is 5.82 Å². The van der Waals surface area contributed by atoms with Gasteiger partial charge < -0.3 is 10.2 Å². The van der Waals surface area contributed by atoms with Crippen LogP contribution in [0.15, 0.2) is 47.9 Å². The maximum absolute atomic E-state index is 13.0. The molecule has 0 aliphatic carbocycles. The third kappa shape index (κ3) is 4.91. The minimum atomic E-state index is -0.120. The first-order valence-corrected chi connectivity index (χ1v) is 11.0. The van der Waals surface area contributed by atoms with Crippen LogP contribution in [0.1, 0.15) is 48.1 Å². The Morgan fingerprint density at radius 3 is 2.73 bits per heavy atom. The van der Waals surface area contributed by atoms with Crippen LogP contribution in [0.5, 0.6) is 0 Å². The molecule has 4 rings (SSSR count). The number of hydrogen-bond donors (Lipinski definition) is 1. The van der Waals surface area contributed by atoms with Gasteiger partial charge in [0.05, 0.1) is 11.7 Å². The van der Waals surface area contributed by atoms with Crippen molar-refractivity contribution in [2.75, 3.05) is 11.9 Å². The molecule has 0 radical (unpaired) electrons. The van der Waals surface area contributed by atoms with Gasteiger partial charge in [-0.05, 0) is 44.7 Å². The van der Waals surface area contributed by atoms with Crippen molar-refractivity contribution in [3.63, 3.8) is 0 Å². The highest BCUT2D eigenvalue weighted by Crippen LogP contribution is 2.30. The van der Waals surface area contributed by atoms with Crippen molar-refractivity contribution in [3.8, 4) is 0 Å². The van der Waals surface area contributed by atoms with Gasteiger partial charge in [-0.1, -0.05) is 30.3 Å².